The maximum Gasteiger partial charge on any atom is 0.261 e. The number of sulfonamides is 2. The number of aryl methyl sites for hydroxylation is 1. The lowest BCUT2D eigenvalue weighted by molar-refractivity contribution is 0.587. The molecule has 0 bridgehead atoms. The summed E-state index contributed by atoms with van der Waals surface area (Å²) in [4.78, 5) is -0.0866. The van der Waals surface area contributed by atoms with Gasteiger partial charge in [-0.3, -0.25) is 4.72 Å². The molecule has 0 heterocycles. The maximum absolute atomic E-state index is 12.3. The Morgan fingerprint density at radius 1 is 0.870 bits per heavy atom. The minimum Gasteiger partial charge on any atom is -0.278 e. The number of hydrogen-bond donors (Lipinski definition) is 2. The van der Waals surface area contributed by atoms with E-state index in [2.05, 4.69) is 9.44 Å². The van der Waals surface area contributed by atoms with Crippen LogP contribution in [-0.4, -0.2) is 23.9 Å². The highest BCUT2D eigenvalue weighted by molar-refractivity contribution is 7.92. The van der Waals surface area contributed by atoms with E-state index in [-0.39, 0.29) is 20.5 Å². The number of benzene rings is 2. The summed E-state index contributed by atoms with van der Waals surface area (Å²) in [6.07, 6.45) is 0. The lowest BCUT2D eigenvalue weighted by Gasteiger charge is -2.10. The van der Waals surface area contributed by atoms with Crippen molar-refractivity contribution in [2.75, 3.05) is 11.8 Å². The molecule has 2 N–H and O–H groups in total. The highest BCUT2D eigenvalue weighted by Gasteiger charge is 2.18. The molecule has 0 aliphatic heterocycles. The average Bonchev–Trinajstić information content (AvgIpc) is 2.50. The Labute approximate surface area is 140 Å². The lowest BCUT2D eigenvalue weighted by Crippen LogP contribution is -2.19. The molecule has 6 nitrogen and oxygen atoms in total. The third-order valence-corrected chi connectivity index (χ3v) is 6.21. The van der Waals surface area contributed by atoms with Gasteiger partial charge in [0.1, 0.15) is 0 Å². The molecule has 2 rings (SSSR count). The van der Waals surface area contributed by atoms with Gasteiger partial charge >= 0.3 is 0 Å². The largest absolute Gasteiger partial charge is 0.278 e. The topological polar surface area (TPSA) is 92.3 Å². The van der Waals surface area contributed by atoms with Crippen molar-refractivity contribution in [3.05, 3.63) is 53.1 Å². The molecular formula is C14H15ClN2O4S2. The Morgan fingerprint density at radius 2 is 1.39 bits per heavy atom. The summed E-state index contributed by atoms with van der Waals surface area (Å²) in [6.45, 7) is 1.84. The number of hydrogen-bond acceptors (Lipinski definition) is 4. The number of halogens is 1. The van der Waals surface area contributed by atoms with E-state index in [0.717, 1.165) is 5.56 Å². The van der Waals surface area contributed by atoms with Crippen LogP contribution in [-0.2, 0) is 20.0 Å². The molecule has 0 aliphatic carbocycles. The first kappa shape index (κ1) is 17.7. The van der Waals surface area contributed by atoms with Crippen LogP contribution >= 0.6 is 11.6 Å². The van der Waals surface area contributed by atoms with E-state index in [1.165, 1.54) is 31.3 Å². The van der Waals surface area contributed by atoms with Gasteiger partial charge in [-0.15, -0.1) is 0 Å². The molecule has 0 aromatic heterocycles. The molecule has 0 spiro atoms. The smallest absolute Gasteiger partial charge is 0.261 e. The van der Waals surface area contributed by atoms with Gasteiger partial charge in [-0.1, -0.05) is 17.7 Å². The van der Waals surface area contributed by atoms with Crippen molar-refractivity contribution in [2.24, 2.45) is 0 Å². The van der Waals surface area contributed by atoms with Crippen molar-refractivity contribution in [1.82, 2.24) is 4.72 Å². The molecule has 2 aromatic carbocycles. The molecule has 0 aliphatic rings. The van der Waals surface area contributed by atoms with Gasteiger partial charge in [-0.2, -0.15) is 0 Å². The summed E-state index contributed by atoms with van der Waals surface area (Å²) >= 11 is 6.01. The Bertz CT molecular complexity index is 924. The van der Waals surface area contributed by atoms with Crippen LogP contribution in [0.5, 0.6) is 0 Å². The fourth-order valence-electron chi connectivity index (χ4n) is 1.82. The standard InChI is InChI=1S/C14H15ClN2O4S2/c1-10-3-8-14(13(15)9-10)17-23(20,21)12-6-4-11(5-7-12)22(18,19)16-2/h3-9,16-17H,1-2H3. The summed E-state index contributed by atoms with van der Waals surface area (Å²) in [5, 5.41) is 0.281. The molecule has 2 aromatic rings. The van der Waals surface area contributed by atoms with Crippen LogP contribution < -0.4 is 9.44 Å². The van der Waals surface area contributed by atoms with Gasteiger partial charge in [-0.05, 0) is 55.9 Å². The first-order valence-electron chi connectivity index (χ1n) is 6.48. The molecular weight excluding hydrogens is 360 g/mol. The summed E-state index contributed by atoms with van der Waals surface area (Å²) in [5.74, 6) is 0. The minimum atomic E-state index is -3.87. The highest BCUT2D eigenvalue weighted by Crippen LogP contribution is 2.25. The second-order valence-electron chi connectivity index (χ2n) is 4.77. The van der Waals surface area contributed by atoms with E-state index in [4.69, 9.17) is 11.6 Å². The van der Waals surface area contributed by atoms with Crippen molar-refractivity contribution < 1.29 is 16.8 Å². The zero-order valence-corrected chi connectivity index (χ0v) is 14.8. The van der Waals surface area contributed by atoms with E-state index in [9.17, 15) is 16.8 Å². The lowest BCUT2D eigenvalue weighted by atomic mass is 10.2. The summed E-state index contributed by atoms with van der Waals surface area (Å²) in [5.41, 5.74) is 1.16. The van der Waals surface area contributed by atoms with Gasteiger partial charge in [0, 0.05) is 0 Å². The van der Waals surface area contributed by atoms with Gasteiger partial charge in [0.05, 0.1) is 20.5 Å². The van der Waals surface area contributed by atoms with E-state index < -0.39 is 20.0 Å². The quantitative estimate of drug-likeness (QED) is 0.840. The molecule has 0 atom stereocenters. The van der Waals surface area contributed by atoms with Gasteiger partial charge < -0.3 is 0 Å². The van der Waals surface area contributed by atoms with Crippen LogP contribution in [0.1, 0.15) is 5.56 Å². The molecule has 23 heavy (non-hydrogen) atoms. The SMILES string of the molecule is CNS(=O)(=O)c1ccc(S(=O)(=O)Nc2ccc(C)cc2Cl)cc1. The summed E-state index contributed by atoms with van der Waals surface area (Å²) in [6, 6.07) is 9.81. The third-order valence-electron chi connectivity index (χ3n) is 3.08. The van der Waals surface area contributed by atoms with E-state index in [1.54, 1.807) is 18.2 Å². The Hall–Kier alpha value is -1.61. The van der Waals surface area contributed by atoms with Crippen LogP contribution in [0.4, 0.5) is 5.69 Å². The van der Waals surface area contributed by atoms with E-state index in [0.29, 0.717) is 0 Å². The monoisotopic (exact) mass is 374 g/mol. The van der Waals surface area contributed by atoms with Crippen molar-refractivity contribution in [3.63, 3.8) is 0 Å². The molecule has 9 heteroatoms. The summed E-state index contributed by atoms with van der Waals surface area (Å²) < 4.78 is 52.5. The van der Waals surface area contributed by atoms with Crippen LogP contribution in [0.15, 0.2) is 52.3 Å². The Kier molecular flexibility index (Phi) is 5.00. The maximum atomic E-state index is 12.3. The van der Waals surface area contributed by atoms with Crippen molar-refractivity contribution >= 4 is 37.3 Å². The highest BCUT2D eigenvalue weighted by atomic mass is 35.5. The molecule has 0 radical (unpaired) electrons. The van der Waals surface area contributed by atoms with Crippen LogP contribution in [0.2, 0.25) is 5.02 Å². The molecule has 0 amide bonds. The van der Waals surface area contributed by atoms with Gasteiger partial charge in [-0.25, -0.2) is 21.6 Å². The van der Waals surface area contributed by atoms with Gasteiger partial charge in [0.25, 0.3) is 10.0 Å². The number of rotatable bonds is 5. The molecule has 124 valence electrons. The Balaban J connectivity index is 2.33. The Morgan fingerprint density at radius 3 is 1.87 bits per heavy atom. The van der Waals surface area contributed by atoms with E-state index >= 15 is 0 Å². The first-order valence-corrected chi connectivity index (χ1v) is 9.83. The average molecular weight is 375 g/mol. The number of nitrogens with one attached hydrogen (secondary N) is 2. The minimum absolute atomic E-state index is 0.0210. The van der Waals surface area contributed by atoms with Crippen LogP contribution in [0, 0.1) is 6.92 Å². The van der Waals surface area contributed by atoms with Crippen LogP contribution in [0.25, 0.3) is 0 Å². The van der Waals surface area contributed by atoms with Crippen molar-refractivity contribution in [2.45, 2.75) is 16.7 Å². The molecule has 0 unspecified atom stereocenters. The predicted molar refractivity (Wildman–Crippen MR) is 89.7 cm³/mol. The zero-order valence-electron chi connectivity index (χ0n) is 12.4. The van der Waals surface area contributed by atoms with Gasteiger partial charge in [0.15, 0.2) is 0 Å². The summed E-state index contributed by atoms with van der Waals surface area (Å²) in [7, 11) is -6.21. The normalized spacial score (nSPS) is 12.1. The fraction of sp³-hybridized carbons (Fsp3) is 0.143. The fourth-order valence-corrected chi connectivity index (χ4v) is 3.97. The van der Waals surface area contributed by atoms with Crippen molar-refractivity contribution in [1.29, 1.82) is 0 Å². The van der Waals surface area contributed by atoms with E-state index in [1.807, 2.05) is 6.92 Å². The van der Waals surface area contributed by atoms with Gasteiger partial charge in [0.2, 0.25) is 10.0 Å². The number of anilines is 1. The van der Waals surface area contributed by atoms with Crippen LogP contribution in [0.3, 0.4) is 0 Å². The molecule has 0 saturated heterocycles. The van der Waals surface area contributed by atoms with Crippen molar-refractivity contribution in [3.8, 4) is 0 Å². The first-order chi connectivity index (χ1) is 10.7. The molecule has 0 saturated carbocycles. The second kappa shape index (κ2) is 6.48. The predicted octanol–water partition coefficient (Wildman–Crippen LogP) is 2.36. The third kappa shape index (κ3) is 4.03. The second-order valence-corrected chi connectivity index (χ2v) is 8.74. The molecule has 0 fully saturated rings. The zero-order chi connectivity index (χ0) is 17.3.